The molecule has 0 saturated carbocycles. The first-order valence-electron chi connectivity index (χ1n) is 7.46. The zero-order chi connectivity index (χ0) is 14.4. The van der Waals surface area contributed by atoms with Gasteiger partial charge in [-0.15, -0.1) is 0 Å². The minimum atomic E-state index is -0.397. The predicted octanol–water partition coefficient (Wildman–Crippen LogP) is 2.97. The highest BCUT2D eigenvalue weighted by Gasteiger charge is 2.20. The van der Waals surface area contributed by atoms with Crippen molar-refractivity contribution in [2.75, 3.05) is 26.2 Å². The topological polar surface area (TPSA) is 43.7 Å². The molecule has 1 heterocycles. The van der Waals surface area contributed by atoms with E-state index < -0.39 is 6.10 Å². The molecule has 20 heavy (non-hydrogen) atoms. The van der Waals surface area contributed by atoms with Gasteiger partial charge in [0.2, 0.25) is 0 Å². The molecule has 1 aliphatic heterocycles. The molecule has 3 nitrogen and oxygen atoms in total. The number of likely N-dealkylation sites (tertiary alicyclic amines) is 1. The second kappa shape index (κ2) is 8.13. The van der Waals surface area contributed by atoms with Gasteiger partial charge in [0.15, 0.2) is 0 Å². The van der Waals surface area contributed by atoms with E-state index in [1.165, 1.54) is 12.8 Å². The van der Waals surface area contributed by atoms with Crippen LogP contribution in [0.1, 0.15) is 37.4 Å². The van der Waals surface area contributed by atoms with Crippen LogP contribution in [-0.4, -0.2) is 41.4 Å². The fourth-order valence-corrected chi connectivity index (χ4v) is 3.37. The highest BCUT2D eigenvalue weighted by molar-refractivity contribution is 9.10. The Balaban J connectivity index is 1.79. The molecule has 2 unspecified atom stereocenters. The molecule has 2 rings (SSSR count). The number of halogens is 1. The van der Waals surface area contributed by atoms with E-state index in [4.69, 9.17) is 5.11 Å². The molecule has 1 saturated heterocycles. The van der Waals surface area contributed by atoms with Gasteiger partial charge in [-0.25, -0.2) is 0 Å². The number of rotatable bonds is 6. The Morgan fingerprint density at radius 3 is 3.00 bits per heavy atom. The molecular weight excluding hydrogens is 318 g/mol. The van der Waals surface area contributed by atoms with Gasteiger partial charge in [0.1, 0.15) is 0 Å². The minimum Gasteiger partial charge on any atom is -0.396 e. The summed E-state index contributed by atoms with van der Waals surface area (Å²) in [5.41, 5.74) is 0.975. The van der Waals surface area contributed by atoms with Crippen LogP contribution < -0.4 is 0 Å². The van der Waals surface area contributed by atoms with Gasteiger partial charge >= 0.3 is 0 Å². The average Bonchev–Trinajstić information content (AvgIpc) is 2.45. The summed E-state index contributed by atoms with van der Waals surface area (Å²) in [5, 5.41) is 19.3. The summed E-state index contributed by atoms with van der Waals surface area (Å²) in [6.07, 6.45) is 3.71. The lowest BCUT2D eigenvalue weighted by Gasteiger charge is -2.33. The van der Waals surface area contributed by atoms with Crippen LogP contribution in [0.2, 0.25) is 0 Å². The maximum Gasteiger partial charge on any atom is 0.0802 e. The number of benzene rings is 1. The quantitative estimate of drug-likeness (QED) is 0.835. The molecular formula is C16H24BrNO2. The molecule has 1 aromatic rings. The normalized spacial score (nSPS) is 21.9. The first kappa shape index (κ1) is 16.0. The van der Waals surface area contributed by atoms with E-state index in [0.717, 1.165) is 42.5 Å². The highest BCUT2D eigenvalue weighted by atomic mass is 79.9. The molecule has 2 N–H and O–H groups in total. The SMILES string of the molecule is OCCC1CCCN(CCC(O)c2cccc(Br)c2)C1. The number of hydrogen-bond donors (Lipinski definition) is 2. The summed E-state index contributed by atoms with van der Waals surface area (Å²) < 4.78 is 1.01. The number of hydrogen-bond acceptors (Lipinski definition) is 3. The highest BCUT2D eigenvalue weighted by Crippen LogP contribution is 2.23. The van der Waals surface area contributed by atoms with Crippen LogP contribution in [-0.2, 0) is 0 Å². The van der Waals surface area contributed by atoms with Crippen LogP contribution in [0.3, 0.4) is 0 Å². The van der Waals surface area contributed by atoms with E-state index in [1.54, 1.807) is 0 Å². The summed E-state index contributed by atoms with van der Waals surface area (Å²) in [6, 6.07) is 7.89. The van der Waals surface area contributed by atoms with Gasteiger partial charge in [-0.1, -0.05) is 28.1 Å². The van der Waals surface area contributed by atoms with Crippen LogP contribution in [0.5, 0.6) is 0 Å². The van der Waals surface area contributed by atoms with E-state index in [9.17, 15) is 5.11 Å². The van der Waals surface area contributed by atoms with Crippen molar-refractivity contribution >= 4 is 15.9 Å². The first-order valence-corrected chi connectivity index (χ1v) is 8.25. The fourth-order valence-electron chi connectivity index (χ4n) is 2.96. The van der Waals surface area contributed by atoms with Crippen LogP contribution in [0.4, 0.5) is 0 Å². The second-order valence-corrected chi connectivity index (χ2v) is 6.60. The van der Waals surface area contributed by atoms with Crippen molar-refractivity contribution in [1.29, 1.82) is 0 Å². The summed E-state index contributed by atoms with van der Waals surface area (Å²) in [6.45, 7) is 3.40. The molecule has 0 amide bonds. The van der Waals surface area contributed by atoms with Crippen molar-refractivity contribution in [2.24, 2.45) is 5.92 Å². The van der Waals surface area contributed by atoms with Gasteiger partial charge in [0.25, 0.3) is 0 Å². The summed E-state index contributed by atoms with van der Waals surface area (Å²) >= 11 is 3.44. The molecule has 4 heteroatoms. The second-order valence-electron chi connectivity index (χ2n) is 5.68. The molecule has 2 atom stereocenters. The van der Waals surface area contributed by atoms with Gasteiger partial charge < -0.3 is 15.1 Å². The van der Waals surface area contributed by atoms with Crippen LogP contribution in [0, 0.1) is 5.92 Å². The Labute approximate surface area is 129 Å². The molecule has 0 aliphatic carbocycles. The average molecular weight is 342 g/mol. The van der Waals surface area contributed by atoms with Crippen LogP contribution >= 0.6 is 15.9 Å². The van der Waals surface area contributed by atoms with E-state index in [2.05, 4.69) is 20.8 Å². The van der Waals surface area contributed by atoms with Gasteiger partial charge in [0.05, 0.1) is 6.10 Å². The van der Waals surface area contributed by atoms with Crippen molar-refractivity contribution in [1.82, 2.24) is 4.90 Å². The summed E-state index contributed by atoms with van der Waals surface area (Å²) in [5.74, 6) is 0.622. The summed E-state index contributed by atoms with van der Waals surface area (Å²) in [7, 11) is 0. The lowest BCUT2D eigenvalue weighted by atomic mass is 9.95. The molecule has 1 aromatic carbocycles. The third kappa shape index (κ3) is 4.85. The minimum absolute atomic E-state index is 0.291. The van der Waals surface area contributed by atoms with Crippen LogP contribution in [0.25, 0.3) is 0 Å². The predicted molar refractivity (Wildman–Crippen MR) is 84.6 cm³/mol. The third-order valence-corrected chi connectivity index (χ3v) is 4.59. The Kier molecular flexibility index (Phi) is 6.49. The maximum atomic E-state index is 10.3. The summed E-state index contributed by atoms with van der Waals surface area (Å²) in [4.78, 5) is 2.42. The molecule has 0 spiro atoms. The fraction of sp³-hybridized carbons (Fsp3) is 0.625. The third-order valence-electron chi connectivity index (χ3n) is 4.09. The molecule has 0 bridgehead atoms. The maximum absolute atomic E-state index is 10.3. The lowest BCUT2D eigenvalue weighted by molar-refractivity contribution is 0.110. The van der Waals surface area contributed by atoms with Crippen molar-refractivity contribution < 1.29 is 10.2 Å². The van der Waals surface area contributed by atoms with Gasteiger partial charge in [-0.3, -0.25) is 0 Å². The number of piperidine rings is 1. The van der Waals surface area contributed by atoms with E-state index >= 15 is 0 Å². The van der Waals surface area contributed by atoms with Gasteiger partial charge in [-0.05, 0) is 55.8 Å². The zero-order valence-electron chi connectivity index (χ0n) is 11.8. The number of nitrogens with zero attached hydrogens (tertiary/aromatic N) is 1. The Morgan fingerprint density at radius 1 is 1.40 bits per heavy atom. The Bertz CT molecular complexity index is 411. The zero-order valence-corrected chi connectivity index (χ0v) is 13.4. The standard InChI is InChI=1S/C16H24BrNO2/c17-15-5-1-4-14(11-15)16(20)6-9-18-8-2-3-13(12-18)7-10-19/h1,4-5,11,13,16,19-20H,2-3,6-10,12H2. The van der Waals surface area contributed by atoms with Gasteiger partial charge in [-0.2, -0.15) is 0 Å². The van der Waals surface area contributed by atoms with Crippen molar-refractivity contribution in [2.45, 2.75) is 31.8 Å². The number of aliphatic hydroxyl groups is 2. The van der Waals surface area contributed by atoms with Crippen molar-refractivity contribution in [3.63, 3.8) is 0 Å². The smallest absolute Gasteiger partial charge is 0.0802 e. The molecule has 112 valence electrons. The number of aliphatic hydroxyl groups excluding tert-OH is 2. The Hall–Kier alpha value is -0.420. The lowest BCUT2D eigenvalue weighted by Crippen LogP contribution is -2.36. The monoisotopic (exact) mass is 341 g/mol. The van der Waals surface area contributed by atoms with E-state index in [1.807, 2.05) is 24.3 Å². The molecule has 0 radical (unpaired) electrons. The Morgan fingerprint density at radius 2 is 2.25 bits per heavy atom. The van der Waals surface area contributed by atoms with Crippen molar-refractivity contribution in [3.8, 4) is 0 Å². The van der Waals surface area contributed by atoms with Crippen LogP contribution in [0.15, 0.2) is 28.7 Å². The molecule has 1 aliphatic rings. The van der Waals surface area contributed by atoms with Gasteiger partial charge in [0, 0.05) is 24.2 Å². The van der Waals surface area contributed by atoms with Crippen molar-refractivity contribution in [3.05, 3.63) is 34.3 Å². The largest absolute Gasteiger partial charge is 0.396 e. The van der Waals surface area contributed by atoms with E-state index in [-0.39, 0.29) is 0 Å². The first-order chi connectivity index (χ1) is 9.69. The van der Waals surface area contributed by atoms with E-state index in [0.29, 0.717) is 12.5 Å². The molecule has 0 aromatic heterocycles. The molecule has 1 fully saturated rings.